The van der Waals surface area contributed by atoms with Crippen LogP contribution in [0.3, 0.4) is 0 Å². The van der Waals surface area contributed by atoms with E-state index < -0.39 is 5.97 Å². The number of nitrogens with one attached hydrogen (secondary N) is 1. The van der Waals surface area contributed by atoms with Crippen LogP contribution in [0, 0.1) is 0 Å². The minimum atomic E-state index is -0.496. The molecule has 0 spiro atoms. The third-order valence-corrected chi connectivity index (χ3v) is 3.78. The van der Waals surface area contributed by atoms with Crippen LogP contribution in [0.1, 0.15) is 20.8 Å². The van der Waals surface area contributed by atoms with Crippen molar-refractivity contribution >= 4 is 49.4 Å². The minimum absolute atomic E-state index is 0.203. The summed E-state index contributed by atoms with van der Waals surface area (Å²) in [5.41, 5.74) is 1.11. The highest BCUT2D eigenvalue weighted by molar-refractivity contribution is 9.11. The minimum Gasteiger partial charge on any atom is -0.465 e. The summed E-state index contributed by atoms with van der Waals surface area (Å²) in [6.45, 7) is 0. The van der Waals surface area contributed by atoms with Crippen LogP contribution in [0.5, 0.6) is 0 Å². The molecule has 0 radical (unpaired) electrons. The van der Waals surface area contributed by atoms with Crippen LogP contribution in [-0.4, -0.2) is 24.0 Å². The second-order valence-corrected chi connectivity index (χ2v) is 5.77. The van der Waals surface area contributed by atoms with E-state index in [2.05, 4.69) is 46.9 Å². The van der Waals surface area contributed by atoms with Crippen molar-refractivity contribution in [1.29, 1.82) is 0 Å². The van der Waals surface area contributed by atoms with Gasteiger partial charge < -0.3 is 10.1 Å². The lowest BCUT2D eigenvalue weighted by Gasteiger charge is -2.07. The van der Waals surface area contributed by atoms with Gasteiger partial charge in [-0.3, -0.25) is 9.78 Å². The van der Waals surface area contributed by atoms with Crippen molar-refractivity contribution in [2.24, 2.45) is 0 Å². The Morgan fingerprint density at radius 3 is 2.57 bits per heavy atom. The molecule has 0 bridgehead atoms. The quantitative estimate of drug-likeness (QED) is 0.780. The fraction of sp³-hybridized carbons (Fsp3) is 0.0714. The van der Waals surface area contributed by atoms with Crippen molar-refractivity contribution in [3.05, 3.63) is 56.7 Å². The van der Waals surface area contributed by atoms with Crippen molar-refractivity contribution in [1.82, 2.24) is 4.98 Å². The van der Waals surface area contributed by atoms with Gasteiger partial charge in [0.2, 0.25) is 0 Å². The van der Waals surface area contributed by atoms with E-state index in [9.17, 15) is 9.59 Å². The number of amides is 1. The second-order valence-electron chi connectivity index (χ2n) is 4.00. The first-order valence-electron chi connectivity index (χ1n) is 5.82. The molecule has 7 heteroatoms. The van der Waals surface area contributed by atoms with Crippen LogP contribution in [0.2, 0.25) is 0 Å². The SMILES string of the molecule is COC(=O)c1ccc(C(=O)Nc2cc(Br)ccc2Br)nc1. The van der Waals surface area contributed by atoms with Gasteiger partial charge in [-0.25, -0.2) is 4.79 Å². The number of anilines is 1. The van der Waals surface area contributed by atoms with E-state index in [1.807, 2.05) is 12.1 Å². The zero-order valence-electron chi connectivity index (χ0n) is 10.9. The number of carbonyl (C=O) groups excluding carboxylic acids is 2. The number of rotatable bonds is 3. The molecule has 0 aliphatic heterocycles. The Morgan fingerprint density at radius 1 is 1.19 bits per heavy atom. The monoisotopic (exact) mass is 412 g/mol. The van der Waals surface area contributed by atoms with Crippen molar-refractivity contribution < 1.29 is 14.3 Å². The van der Waals surface area contributed by atoms with Crippen molar-refractivity contribution in [3.8, 4) is 0 Å². The lowest BCUT2D eigenvalue weighted by atomic mass is 10.2. The highest BCUT2D eigenvalue weighted by Gasteiger charge is 2.12. The first-order valence-corrected chi connectivity index (χ1v) is 7.40. The molecular formula is C14H10Br2N2O3. The maximum atomic E-state index is 12.1. The van der Waals surface area contributed by atoms with Gasteiger partial charge >= 0.3 is 5.97 Å². The van der Waals surface area contributed by atoms with Gasteiger partial charge in [0.25, 0.3) is 5.91 Å². The van der Waals surface area contributed by atoms with E-state index in [1.54, 1.807) is 6.07 Å². The van der Waals surface area contributed by atoms with Crippen LogP contribution < -0.4 is 5.32 Å². The van der Waals surface area contributed by atoms with Gasteiger partial charge in [-0.15, -0.1) is 0 Å². The van der Waals surface area contributed by atoms with Crippen molar-refractivity contribution in [2.75, 3.05) is 12.4 Å². The molecule has 21 heavy (non-hydrogen) atoms. The molecule has 1 amide bonds. The van der Waals surface area contributed by atoms with E-state index >= 15 is 0 Å². The molecule has 1 N–H and O–H groups in total. The van der Waals surface area contributed by atoms with Crippen LogP contribution in [0.25, 0.3) is 0 Å². The molecule has 108 valence electrons. The lowest BCUT2D eigenvalue weighted by molar-refractivity contribution is 0.0600. The van der Waals surface area contributed by atoms with Gasteiger partial charge in [-0.05, 0) is 46.3 Å². The molecule has 0 saturated carbocycles. The molecular weight excluding hydrogens is 404 g/mol. The number of hydrogen-bond donors (Lipinski definition) is 1. The number of ether oxygens (including phenoxy) is 1. The molecule has 0 aliphatic rings. The molecule has 1 heterocycles. The molecule has 5 nitrogen and oxygen atoms in total. The second kappa shape index (κ2) is 6.82. The Hall–Kier alpha value is -1.73. The van der Waals surface area contributed by atoms with Crippen LogP contribution in [0.4, 0.5) is 5.69 Å². The van der Waals surface area contributed by atoms with Gasteiger partial charge in [0.05, 0.1) is 18.4 Å². The number of hydrogen-bond acceptors (Lipinski definition) is 4. The molecule has 0 saturated heterocycles. The van der Waals surface area contributed by atoms with Gasteiger partial charge in [0.1, 0.15) is 5.69 Å². The van der Waals surface area contributed by atoms with Gasteiger partial charge in [0, 0.05) is 15.1 Å². The highest BCUT2D eigenvalue weighted by Crippen LogP contribution is 2.26. The molecule has 0 unspecified atom stereocenters. The molecule has 1 aromatic carbocycles. The zero-order chi connectivity index (χ0) is 15.4. The zero-order valence-corrected chi connectivity index (χ0v) is 14.1. The van der Waals surface area contributed by atoms with Crippen LogP contribution >= 0.6 is 31.9 Å². The number of halogens is 2. The van der Waals surface area contributed by atoms with Crippen molar-refractivity contribution in [3.63, 3.8) is 0 Å². The summed E-state index contributed by atoms with van der Waals surface area (Å²) in [4.78, 5) is 27.4. The van der Waals surface area contributed by atoms with E-state index in [4.69, 9.17) is 0 Å². The largest absolute Gasteiger partial charge is 0.465 e. The summed E-state index contributed by atoms with van der Waals surface area (Å²) >= 11 is 6.69. The Labute approximate surface area is 138 Å². The average Bonchev–Trinajstić information content (AvgIpc) is 2.50. The molecule has 0 fully saturated rings. The number of aromatic nitrogens is 1. The summed E-state index contributed by atoms with van der Waals surface area (Å²) in [5.74, 6) is -0.866. The number of pyridine rings is 1. The Kier molecular flexibility index (Phi) is 5.08. The predicted octanol–water partition coefficient (Wildman–Crippen LogP) is 3.65. The first kappa shape index (κ1) is 15.7. The van der Waals surface area contributed by atoms with Gasteiger partial charge in [-0.2, -0.15) is 0 Å². The number of esters is 1. The highest BCUT2D eigenvalue weighted by atomic mass is 79.9. The van der Waals surface area contributed by atoms with E-state index in [0.717, 1.165) is 8.95 Å². The topological polar surface area (TPSA) is 68.3 Å². The molecule has 0 atom stereocenters. The third-order valence-electron chi connectivity index (χ3n) is 2.59. The number of methoxy groups -OCH3 is 1. The first-order chi connectivity index (χ1) is 10.0. The lowest BCUT2D eigenvalue weighted by Crippen LogP contribution is -2.14. The standard InChI is InChI=1S/C14H10Br2N2O3/c1-21-14(20)8-2-5-11(17-7-8)13(19)18-12-6-9(15)3-4-10(12)16/h2-7H,1H3,(H,18,19). The van der Waals surface area contributed by atoms with Crippen LogP contribution in [0.15, 0.2) is 45.5 Å². The smallest absolute Gasteiger partial charge is 0.339 e. The maximum Gasteiger partial charge on any atom is 0.339 e. The Balaban J connectivity index is 2.17. The molecule has 1 aromatic heterocycles. The fourth-order valence-electron chi connectivity index (χ4n) is 1.55. The van der Waals surface area contributed by atoms with E-state index in [0.29, 0.717) is 5.69 Å². The fourth-order valence-corrected chi connectivity index (χ4v) is 2.25. The van der Waals surface area contributed by atoms with E-state index in [1.165, 1.54) is 25.4 Å². The number of benzene rings is 1. The average molecular weight is 414 g/mol. The number of carbonyl (C=O) groups is 2. The summed E-state index contributed by atoms with van der Waals surface area (Å²) in [6.07, 6.45) is 1.30. The summed E-state index contributed by atoms with van der Waals surface area (Å²) in [6, 6.07) is 8.39. The van der Waals surface area contributed by atoms with Gasteiger partial charge in [0.15, 0.2) is 0 Å². The molecule has 2 aromatic rings. The van der Waals surface area contributed by atoms with E-state index in [-0.39, 0.29) is 17.2 Å². The van der Waals surface area contributed by atoms with Gasteiger partial charge in [-0.1, -0.05) is 15.9 Å². The Morgan fingerprint density at radius 2 is 1.95 bits per heavy atom. The summed E-state index contributed by atoms with van der Waals surface area (Å²) in [5, 5.41) is 2.74. The summed E-state index contributed by atoms with van der Waals surface area (Å²) < 4.78 is 6.17. The Bertz CT molecular complexity index is 687. The number of nitrogens with zero attached hydrogens (tertiary/aromatic N) is 1. The summed E-state index contributed by atoms with van der Waals surface area (Å²) in [7, 11) is 1.29. The maximum absolute atomic E-state index is 12.1. The molecule has 2 rings (SSSR count). The normalized spacial score (nSPS) is 10.0. The van der Waals surface area contributed by atoms with Crippen LogP contribution in [-0.2, 0) is 4.74 Å². The molecule has 0 aliphatic carbocycles. The van der Waals surface area contributed by atoms with Crippen molar-refractivity contribution in [2.45, 2.75) is 0 Å². The third kappa shape index (κ3) is 3.89. The predicted molar refractivity (Wildman–Crippen MR) is 85.4 cm³/mol.